The molecule has 0 bridgehead atoms. The second kappa shape index (κ2) is 36.9. The molecule has 3 heterocycles. The lowest BCUT2D eigenvalue weighted by atomic mass is 9.83. The van der Waals surface area contributed by atoms with E-state index in [0.29, 0.717) is 32.6 Å². The number of cyclic esters (lactones) is 1. The van der Waals surface area contributed by atoms with Gasteiger partial charge in [0.25, 0.3) is 0 Å². The van der Waals surface area contributed by atoms with Crippen LogP contribution in [0.4, 0.5) is 4.79 Å². The van der Waals surface area contributed by atoms with E-state index in [1.165, 1.54) is 85.7 Å². The number of nitrogens with one attached hydrogen (secondary N) is 1. The van der Waals surface area contributed by atoms with Crippen molar-refractivity contribution in [3.8, 4) is 0 Å². The molecule has 540 valence electrons. The van der Waals surface area contributed by atoms with Crippen molar-refractivity contribution in [3.05, 3.63) is 12.2 Å². The molecule has 3 rings (SSSR count). The van der Waals surface area contributed by atoms with E-state index >= 15 is 33.6 Å². The van der Waals surface area contributed by atoms with Crippen LogP contribution < -0.4 is 5.32 Å². The zero-order valence-electron chi connectivity index (χ0n) is 62.2. The van der Waals surface area contributed by atoms with Crippen molar-refractivity contribution in [1.29, 1.82) is 0 Å². The first kappa shape index (κ1) is 82.9. The summed E-state index contributed by atoms with van der Waals surface area (Å²) >= 11 is 0. The van der Waals surface area contributed by atoms with Gasteiger partial charge in [-0.2, -0.15) is 0 Å². The Kier molecular flexibility index (Phi) is 32.2. The Morgan fingerprint density at radius 2 is 1.02 bits per heavy atom. The Hall–Kier alpha value is -6.30. The Labute approximate surface area is 568 Å². The van der Waals surface area contributed by atoms with E-state index in [1.807, 2.05) is 54.5 Å². The Balaban J connectivity index is 2.35. The number of hydrogen-bond donors (Lipinski definition) is 2. The zero-order valence-corrected chi connectivity index (χ0v) is 62.2. The van der Waals surface area contributed by atoms with Crippen molar-refractivity contribution in [1.82, 2.24) is 49.4 Å². The molecule has 0 aromatic heterocycles. The fraction of sp³-hybridized carbons (Fsp3) is 0.803. The largest absolute Gasteiger partial charge is 0.447 e. The zero-order chi connectivity index (χ0) is 72.7. The predicted octanol–water partition coefficient (Wildman–Crippen LogP) is 5.66. The lowest BCUT2D eigenvalue weighted by Gasteiger charge is -2.42. The van der Waals surface area contributed by atoms with Gasteiger partial charge in [0.1, 0.15) is 48.6 Å². The number of allylic oxidation sites excluding steroid dienone is 2. The van der Waals surface area contributed by atoms with Crippen molar-refractivity contribution >= 4 is 70.7 Å². The summed E-state index contributed by atoms with van der Waals surface area (Å²) in [7, 11) is 10.2. The van der Waals surface area contributed by atoms with E-state index < -0.39 is 155 Å². The first-order valence-electron chi connectivity index (χ1n) is 34.8. The minimum Gasteiger partial charge on any atom is -0.447 e. The van der Waals surface area contributed by atoms with Gasteiger partial charge in [-0.05, 0) is 87.4 Å². The van der Waals surface area contributed by atoms with Gasteiger partial charge in [0.15, 0.2) is 11.6 Å². The van der Waals surface area contributed by atoms with E-state index in [4.69, 9.17) is 4.74 Å². The quantitative estimate of drug-likeness (QED) is 0.177. The summed E-state index contributed by atoms with van der Waals surface area (Å²) in [6.07, 6.45) is 1.70. The SMILES string of the molecule is C/C=C/C[C@@H](C)[C@@H](O)[C@H]1C(=O)N[C@@H](CC)C(=O)N(C)[C@H](C)C(=O)N(C)C([C@@H](C)CN2CCN3C(=O)OCC3C2)C(=O)C[C@@H](C(C)C)C(=O)N(C)[C@@H](CC(C)C)C(=O)C[C@@H](C)C(=O)C[C@H](C)C(=O)N(C)[C@@H](CC(C)C)C(=O)N(C)[C@@H](CC(C)C)C(=O)N(C)[C@@H](C(C)C)C(=O)N1C. The summed E-state index contributed by atoms with van der Waals surface area (Å²) in [6.45, 7) is 32.0. The Morgan fingerprint density at radius 1 is 0.526 bits per heavy atom. The number of ketones is 3. The van der Waals surface area contributed by atoms with Gasteiger partial charge in [-0.3, -0.25) is 62.5 Å². The van der Waals surface area contributed by atoms with Crippen LogP contribution in [0.3, 0.4) is 0 Å². The first-order valence-corrected chi connectivity index (χ1v) is 34.8. The molecule has 2 N–H and O–H groups in total. The highest BCUT2D eigenvalue weighted by Crippen LogP contribution is 2.30. The van der Waals surface area contributed by atoms with Crippen molar-refractivity contribution in [2.75, 3.05) is 82.1 Å². The van der Waals surface area contributed by atoms with Crippen molar-refractivity contribution in [2.24, 2.45) is 59.2 Å². The molecular weight excluding hydrogens is 1220 g/mol. The van der Waals surface area contributed by atoms with Crippen LogP contribution in [0.15, 0.2) is 12.2 Å². The highest BCUT2D eigenvalue weighted by atomic mass is 16.6. The molecule has 0 aliphatic carbocycles. The maximum absolute atomic E-state index is 15.4. The molecule has 3 fully saturated rings. The van der Waals surface area contributed by atoms with Crippen LogP contribution in [0.2, 0.25) is 0 Å². The summed E-state index contributed by atoms with van der Waals surface area (Å²) in [5, 5.41) is 15.1. The summed E-state index contributed by atoms with van der Waals surface area (Å²) in [4.78, 5) is 190. The number of rotatable bonds is 16. The summed E-state index contributed by atoms with van der Waals surface area (Å²) in [5.74, 6) is -11.7. The lowest BCUT2D eigenvalue weighted by Crippen LogP contribution is -2.63. The fourth-order valence-corrected chi connectivity index (χ4v) is 13.8. The summed E-state index contributed by atoms with van der Waals surface area (Å²) in [6, 6.07) is -10.1. The molecule has 24 heteroatoms. The second-order valence-electron chi connectivity index (χ2n) is 29.9. The maximum atomic E-state index is 15.4. The lowest BCUT2D eigenvalue weighted by molar-refractivity contribution is -0.157. The number of aliphatic hydroxyl groups excluding tert-OH is 1. The number of nitrogens with zero attached hydrogens (tertiary/aromatic N) is 9. The topological polar surface area (TPSA) is 275 Å². The predicted molar refractivity (Wildman–Crippen MR) is 365 cm³/mol. The molecule has 3 aliphatic rings. The second-order valence-corrected chi connectivity index (χ2v) is 29.9. The normalized spacial score (nSPS) is 29.2. The number of hydrogen-bond acceptors (Lipinski definition) is 15. The number of ether oxygens (including phenoxy) is 1. The van der Waals surface area contributed by atoms with Crippen LogP contribution in [0.5, 0.6) is 0 Å². The van der Waals surface area contributed by atoms with Gasteiger partial charge >= 0.3 is 6.09 Å². The molecule has 0 saturated carbocycles. The monoisotopic (exact) mass is 1340 g/mol. The third kappa shape index (κ3) is 21.3. The van der Waals surface area contributed by atoms with Gasteiger partial charge in [-0.25, -0.2) is 4.79 Å². The van der Waals surface area contributed by atoms with Crippen LogP contribution in [0.25, 0.3) is 0 Å². The van der Waals surface area contributed by atoms with Crippen LogP contribution >= 0.6 is 0 Å². The first-order chi connectivity index (χ1) is 44.1. The molecule has 0 spiro atoms. The highest BCUT2D eigenvalue weighted by Gasteiger charge is 2.47. The molecule has 2 unspecified atom stereocenters. The van der Waals surface area contributed by atoms with Gasteiger partial charge in [-0.15, -0.1) is 0 Å². The maximum Gasteiger partial charge on any atom is 0.410 e. The smallest absolute Gasteiger partial charge is 0.410 e. The van der Waals surface area contributed by atoms with Crippen molar-refractivity contribution in [3.63, 3.8) is 0 Å². The van der Waals surface area contributed by atoms with E-state index in [2.05, 4.69) is 10.2 Å². The number of carbonyl (C=O) groups excluding carboxylic acids is 12. The number of aliphatic hydroxyl groups is 1. The third-order valence-corrected chi connectivity index (χ3v) is 20.0. The van der Waals surface area contributed by atoms with Gasteiger partial charge < -0.3 is 49.5 Å². The van der Waals surface area contributed by atoms with Gasteiger partial charge in [-0.1, -0.05) is 116 Å². The van der Waals surface area contributed by atoms with Crippen molar-refractivity contribution in [2.45, 2.75) is 230 Å². The molecule has 95 heavy (non-hydrogen) atoms. The minimum atomic E-state index is -1.63. The number of amides is 9. The van der Waals surface area contributed by atoms with Gasteiger partial charge in [0.05, 0.1) is 24.2 Å². The molecule has 15 atom stereocenters. The van der Waals surface area contributed by atoms with E-state index in [-0.39, 0.29) is 86.9 Å². The van der Waals surface area contributed by atoms with Gasteiger partial charge in [0.2, 0.25) is 47.3 Å². The van der Waals surface area contributed by atoms with Crippen LogP contribution in [0.1, 0.15) is 169 Å². The average Bonchev–Trinajstić information content (AvgIpc) is 1.33. The number of carbonyl (C=O) groups is 12. The number of piperazine rings is 1. The Morgan fingerprint density at radius 3 is 1.54 bits per heavy atom. The van der Waals surface area contributed by atoms with Crippen LogP contribution in [-0.4, -0.2) is 263 Å². The van der Waals surface area contributed by atoms with E-state index in [0.717, 1.165) is 4.90 Å². The molecule has 0 radical (unpaired) electrons. The fourth-order valence-electron chi connectivity index (χ4n) is 13.8. The number of likely N-dealkylation sites (N-methyl/N-ethyl adjacent to an activating group) is 7. The number of Topliss-reactive ketones (excluding diaryl/α,β-unsaturated/α-hetero) is 3. The van der Waals surface area contributed by atoms with Gasteiger partial charge in [0, 0.05) is 113 Å². The Bertz CT molecular complexity index is 2720. The third-order valence-electron chi connectivity index (χ3n) is 20.0. The average molecular weight is 1340 g/mol. The standard InChI is InChI=1S/C71H122N10O14/c1-25-27-28-45(13)62(85)61-63(86)72-52(26-2)67(90)73(18)49(17)65(88)78(23)60(48(16)37-80-29-30-81-50(38-80)39-95-71(81)94)58(84)36-51(43(9)10)66(89)74(19)53(31-40(3)4)57(83)34-46(14)56(82)35-47(15)64(87)75(20)54(32-41(5)6)68(91)76(21)55(33-42(7)8)69(92)77(22)59(44(11)12)70(93)79(61)24/h25,27,40-55,59-62,85H,26,28-39H2,1-24H3,(H,72,86)/b27-25+/t45-,46-,47+,48+,49-,50?,51+,52+,53+,54+,55+,59+,60?,61+,62-/m1/s1. The van der Waals surface area contributed by atoms with Crippen LogP contribution in [0, 0.1) is 59.2 Å². The van der Waals surface area contributed by atoms with Crippen LogP contribution in [-0.2, 0) is 57.5 Å². The molecular formula is C71H122N10O14. The molecule has 0 aromatic carbocycles. The molecule has 3 saturated heterocycles. The molecule has 9 amide bonds. The highest BCUT2D eigenvalue weighted by molar-refractivity contribution is 6.00. The summed E-state index contributed by atoms with van der Waals surface area (Å²) in [5.41, 5.74) is 0. The molecule has 24 nitrogen and oxygen atoms in total. The molecule has 0 aromatic rings. The van der Waals surface area contributed by atoms with Crippen molar-refractivity contribution < 1.29 is 67.4 Å². The molecule has 3 aliphatic heterocycles. The number of fused-ring (bicyclic) bond motifs is 1. The summed E-state index contributed by atoms with van der Waals surface area (Å²) < 4.78 is 5.34. The van der Waals surface area contributed by atoms with E-state index in [9.17, 15) is 29.1 Å². The van der Waals surface area contributed by atoms with E-state index in [1.54, 1.807) is 73.3 Å². The minimum absolute atomic E-state index is 0.000514.